The van der Waals surface area contributed by atoms with E-state index in [1.807, 2.05) is 6.92 Å². The molecule has 2 amide bonds. The first-order valence-electron chi connectivity index (χ1n) is 10.4. The standard InChI is InChI=1S/C26H19NO7/c1-16-6-8-18(9-7-16)26(32)34-19-12-10-17(11-13-19)22(28)15-33-23(29)14-27-24(30)20-4-2-3-5-21(20)25(27)31/h2-13H,14-15H2,1H3. The first-order valence-corrected chi connectivity index (χ1v) is 10.4. The number of aryl methyl sites for hydroxylation is 1. The third-order valence-corrected chi connectivity index (χ3v) is 5.20. The zero-order valence-electron chi connectivity index (χ0n) is 18.1. The van der Waals surface area contributed by atoms with E-state index in [9.17, 15) is 24.0 Å². The highest BCUT2D eigenvalue weighted by molar-refractivity contribution is 6.22. The number of imide groups is 1. The summed E-state index contributed by atoms with van der Waals surface area (Å²) in [6, 6.07) is 19.0. The molecule has 0 unspecified atom stereocenters. The quantitative estimate of drug-likeness (QED) is 0.232. The molecule has 8 heteroatoms. The maximum atomic E-state index is 12.3. The second-order valence-electron chi connectivity index (χ2n) is 7.61. The van der Waals surface area contributed by atoms with E-state index >= 15 is 0 Å². The molecule has 0 bridgehead atoms. The van der Waals surface area contributed by atoms with Crippen molar-refractivity contribution in [3.8, 4) is 5.75 Å². The molecule has 0 saturated heterocycles. The summed E-state index contributed by atoms with van der Waals surface area (Å²) < 4.78 is 10.2. The minimum absolute atomic E-state index is 0.222. The molecule has 8 nitrogen and oxygen atoms in total. The van der Waals surface area contributed by atoms with Gasteiger partial charge >= 0.3 is 11.9 Å². The third kappa shape index (κ3) is 4.75. The topological polar surface area (TPSA) is 107 Å². The average Bonchev–Trinajstić information content (AvgIpc) is 3.08. The number of Topliss-reactive ketones (excluding diaryl/α,β-unsaturated/α-hetero) is 1. The minimum Gasteiger partial charge on any atom is -0.456 e. The fourth-order valence-electron chi connectivity index (χ4n) is 3.35. The van der Waals surface area contributed by atoms with Crippen LogP contribution in [-0.2, 0) is 9.53 Å². The van der Waals surface area contributed by atoms with Gasteiger partial charge in [0.25, 0.3) is 11.8 Å². The maximum Gasteiger partial charge on any atom is 0.343 e. The van der Waals surface area contributed by atoms with Gasteiger partial charge in [0.2, 0.25) is 0 Å². The predicted molar refractivity (Wildman–Crippen MR) is 120 cm³/mol. The van der Waals surface area contributed by atoms with E-state index in [4.69, 9.17) is 9.47 Å². The molecule has 170 valence electrons. The van der Waals surface area contributed by atoms with Gasteiger partial charge in [0.1, 0.15) is 12.3 Å². The van der Waals surface area contributed by atoms with Gasteiger partial charge < -0.3 is 9.47 Å². The fraction of sp³-hybridized carbons (Fsp3) is 0.115. The van der Waals surface area contributed by atoms with Crippen LogP contribution >= 0.6 is 0 Å². The summed E-state index contributed by atoms with van der Waals surface area (Å²) >= 11 is 0. The number of amides is 2. The van der Waals surface area contributed by atoms with Crippen LogP contribution in [0.1, 0.15) is 47.0 Å². The monoisotopic (exact) mass is 457 g/mol. The molecule has 1 aliphatic heterocycles. The Bertz CT molecular complexity index is 1260. The number of hydrogen-bond acceptors (Lipinski definition) is 7. The van der Waals surface area contributed by atoms with Crippen molar-refractivity contribution in [3.05, 3.63) is 101 Å². The SMILES string of the molecule is Cc1ccc(C(=O)Oc2ccc(C(=O)COC(=O)CN3C(=O)c4ccccc4C3=O)cc2)cc1. The lowest BCUT2D eigenvalue weighted by Gasteiger charge is -2.12. The van der Waals surface area contributed by atoms with Crippen molar-refractivity contribution >= 4 is 29.5 Å². The lowest BCUT2D eigenvalue weighted by molar-refractivity contribution is -0.142. The summed E-state index contributed by atoms with van der Waals surface area (Å²) in [7, 11) is 0. The smallest absolute Gasteiger partial charge is 0.343 e. The Morgan fingerprint density at radius 2 is 1.32 bits per heavy atom. The summed E-state index contributed by atoms with van der Waals surface area (Å²) in [5.74, 6) is -2.82. The second kappa shape index (κ2) is 9.50. The van der Waals surface area contributed by atoms with Crippen molar-refractivity contribution in [2.75, 3.05) is 13.2 Å². The Labute approximate surface area is 194 Å². The van der Waals surface area contributed by atoms with Gasteiger partial charge in [-0.15, -0.1) is 0 Å². The molecule has 0 spiro atoms. The Kier molecular flexibility index (Phi) is 6.31. The Morgan fingerprint density at radius 1 is 0.765 bits per heavy atom. The van der Waals surface area contributed by atoms with Crippen molar-refractivity contribution in [1.82, 2.24) is 4.90 Å². The summed E-state index contributed by atoms with van der Waals surface area (Å²) in [6.07, 6.45) is 0. The summed E-state index contributed by atoms with van der Waals surface area (Å²) in [5, 5.41) is 0. The molecular weight excluding hydrogens is 438 g/mol. The first-order chi connectivity index (χ1) is 16.3. The van der Waals surface area contributed by atoms with Crippen molar-refractivity contribution in [1.29, 1.82) is 0 Å². The lowest BCUT2D eigenvalue weighted by atomic mass is 10.1. The maximum absolute atomic E-state index is 12.3. The van der Waals surface area contributed by atoms with Crippen LogP contribution in [0.25, 0.3) is 0 Å². The molecule has 34 heavy (non-hydrogen) atoms. The molecule has 0 atom stereocenters. The first kappa shape index (κ1) is 22.6. The van der Waals surface area contributed by atoms with Gasteiger partial charge in [0.15, 0.2) is 12.4 Å². The van der Waals surface area contributed by atoms with E-state index in [1.54, 1.807) is 36.4 Å². The van der Waals surface area contributed by atoms with Gasteiger partial charge in [-0.2, -0.15) is 0 Å². The van der Waals surface area contributed by atoms with E-state index in [2.05, 4.69) is 0 Å². The highest BCUT2D eigenvalue weighted by Gasteiger charge is 2.36. The van der Waals surface area contributed by atoms with Crippen LogP contribution in [0.15, 0.2) is 72.8 Å². The van der Waals surface area contributed by atoms with Gasteiger partial charge in [-0.05, 0) is 55.5 Å². The van der Waals surface area contributed by atoms with E-state index in [0.717, 1.165) is 10.5 Å². The number of carbonyl (C=O) groups excluding carboxylic acids is 5. The number of ketones is 1. The minimum atomic E-state index is -0.883. The molecule has 1 aliphatic rings. The molecule has 3 aromatic carbocycles. The molecule has 4 rings (SSSR count). The molecule has 3 aromatic rings. The highest BCUT2D eigenvalue weighted by atomic mass is 16.5. The highest BCUT2D eigenvalue weighted by Crippen LogP contribution is 2.22. The zero-order chi connectivity index (χ0) is 24.2. The zero-order valence-corrected chi connectivity index (χ0v) is 18.1. The van der Waals surface area contributed by atoms with Crippen LogP contribution in [-0.4, -0.2) is 47.6 Å². The largest absolute Gasteiger partial charge is 0.456 e. The number of hydrogen-bond donors (Lipinski definition) is 0. The number of esters is 2. The number of nitrogens with zero attached hydrogens (tertiary/aromatic N) is 1. The van der Waals surface area contributed by atoms with Gasteiger partial charge in [0.05, 0.1) is 16.7 Å². The molecule has 1 heterocycles. The van der Waals surface area contributed by atoms with Gasteiger partial charge in [-0.1, -0.05) is 29.8 Å². The number of fused-ring (bicyclic) bond motifs is 1. The molecule has 0 aliphatic carbocycles. The van der Waals surface area contributed by atoms with Gasteiger partial charge in [-0.25, -0.2) is 4.79 Å². The summed E-state index contributed by atoms with van der Waals surface area (Å²) in [4.78, 5) is 62.1. The Morgan fingerprint density at radius 3 is 1.91 bits per heavy atom. The van der Waals surface area contributed by atoms with E-state index in [1.165, 1.54) is 36.4 Å². The fourth-order valence-corrected chi connectivity index (χ4v) is 3.35. The number of rotatable bonds is 7. The Balaban J connectivity index is 1.29. The van der Waals surface area contributed by atoms with E-state index in [0.29, 0.717) is 5.56 Å². The van der Waals surface area contributed by atoms with Crippen LogP contribution in [0.3, 0.4) is 0 Å². The van der Waals surface area contributed by atoms with Crippen molar-refractivity contribution < 1.29 is 33.4 Å². The molecule has 0 saturated carbocycles. The van der Waals surface area contributed by atoms with Gasteiger partial charge in [0, 0.05) is 5.56 Å². The van der Waals surface area contributed by atoms with Gasteiger partial charge in [-0.3, -0.25) is 24.1 Å². The molecule has 0 fully saturated rings. The normalized spacial score (nSPS) is 12.3. The third-order valence-electron chi connectivity index (χ3n) is 5.20. The van der Waals surface area contributed by atoms with Crippen LogP contribution in [0.2, 0.25) is 0 Å². The van der Waals surface area contributed by atoms with Crippen molar-refractivity contribution in [3.63, 3.8) is 0 Å². The van der Waals surface area contributed by atoms with Crippen LogP contribution < -0.4 is 4.74 Å². The molecule has 0 aromatic heterocycles. The van der Waals surface area contributed by atoms with E-state index < -0.39 is 42.7 Å². The number of carbonyl (C=O) groups is 5. The van der Waals surface area contributed by atoms with Crippen LogP contribution in [0.4, 0.5) is 0 Å². The lowest BCUT2D eigenvalue weighted by Crippen LogP contribution is -2.36. The molecule has 0 N–H and O–H groups in total. The van der Waals surface area contributed by atoms with E-state index in [-0.39, 0.29) is 22.4 Å². The average molecular weight is 457 g/mol. The van der Waals surface area contributed by atoms with Crippen LogP contribution in [0.5, 0.6) is 5.75 Å². The Hall–Kier alpha value is -4.59. The number of ether oxygens (including phenoxy) is 2. The number of benzene rings is 3. The molecular formula is C26H19NO7. The molecule has 0 radical (unpaired) electrons. The van der Waals surface area contributed by atoms with Crippen molar-refractivity contribution in [2.24, 2.45) is 0 Å². The van der Waals surface area contributed by atoms with Crippen LogP contribution in [0, 0.1) is 6.92 Å². The summed E-state index contributed by atoms with van der Waals surface area (Å²) in [6.45, 7) is 0.755. The van der Waals surface area contributed by atoms with Crippen molar-refractivity contribution in [2.45, 2.75) is 6.92 Å². The summed E-state index contributed by atoms with van der Waals surface area (Å²) in [5.41, 5.74) is 2.10. The second-order valence-corrected chi connectivity index (χ2v) is 7.61. The predicted octanol–water partition coefficient (Wildman–Crippen LogP) is 3.24.